The van der Waals surface area contributed by atoms with E-state index >= 15 is 0 Å². The molecule has 8 nitrogen and oxygen atoms in total. The van der Waals surface area contributed by atoms with E-state index in [9.17, 15) is 18.0 Å². The van der Waals surface area contributed by atoms with Crippen LogP contribution in [0.4, 0.5) is 11.4 Å². The number of amides is 1. The van der Waals surface area contributed by atoms with Gasteiger partial charge in [0.2, 0.25) is 0 Å². The summed E-state index contributed by atoms with van der Waals surface area (Å²) in [5, 5.41) is 3.05. The first-order valence-electron chi connectivity index (χ1n) is 11.8. The van der Waals surface area contributed by atoms with Crippen LogP contribution in [0.1, 0.15) is 21.5 Å². The molecule has 0 radical (unpaired) electrons. The van der Waals surface area contributed by atoms with E-state index in [4.69, 9.17) is 21.1 Å². The van der Waals surface area contributed by atoms with Crippen LogP contribution < -0.4 is 19.5 Å². The van der Waals surface area contributed by atoms with Gasteiger partial charge in [-0.05, 0) is 73.2 Å². The lowest BCUT2D eigenvalue weighted by Gasteiger charge is -2.14. The summed E-state index contributed by atoms with van der Waals surface area (Å²) in [6.07, 6.45) is 0. The Hall–Kier alpha value is -4.34. The van der Waals surface area contributed by atoms with Gasteiger partial charge in [0, 0.05) is 21.8 Å². The molecule has 0 aliphatic rings. The minimum Gasteiger partial charge on any atom is -0.497 e. The van der Waals surface area contributed by atoms with Crippen LogP contribution in [0.2, 0.25) is 5.02 Å². The number of ketones is 1. The van der Waals surface area contributed by atoms with Crippen molar-refractivity contribution in [1.29, 1.82) is 0 Å². The van der Waals surface area contributed by atoms with E-state index in [1.54, 1.807) is 73.7 Å². The van der Waals surface area contributed by atoms with Crippen molar-refractivity contribution >= 4 is 44.7 Å². The highest BCUT2D eigenvalue weighted by Crippen LogP contribution is 2.26. The van der Waals surface area contributed by atoms with Crippen LogP contribution in [-0.4, -0.2) is 33.8 Å². The first-order valence-corrected chi connectivity index (χ1v) is 13.6. The van der Waals surface area contributed by atoms with Crippen LogP contribution in [0, 0.1) is 6.92 Å². The predicted octanol–water partition coefficient (Wildman–Crippen LogP) is 5.71. The van der Waals surface area contributed by atoms with Crippen LogP contribution in [0.15, 0.2) is 95.9 Å². The number of benzene rings is 4. The van der Waals surface area contributed by atoms with Crippen molar-refractivity contribution in [2.24, 2.45) is 0 Å². The van der Waals surface area contributed by atoms with Crippen molar-refractivity contribution in [2.75, 3.05) is 23.8 Å². The Bertz CT molecular complexity index is 1610. The first-order chi connectivity index (χ1) is 18.7. The molecule has 2 N–H and O–H groups in total. The number of carbonyl (C=O) groups excluding carboxylic acids is 2. The zero-order valence-corrected chi connectivity index (χ0v) is 22.7. The van der Waals surface area contributed by atoms with Gasteiger partial charge in [0.25, 0.3) is 15.9 Å². The third kappa shape index (κ3) is 6.95. The number of halogens is 1. The molecule has 39 heavy (non-hydrogen) atoms. The zero-order valence-electron chi connectivity index (χ0n) is 21.1. The summed E-state index contributed by atoms with van der Waals surface area (Å²) in [6, 6.07) is 24.1. The van der Waals surface area contributed by atoms with Crippen LogP contribution in [0.3, 0.4) is 0 Å². The quantitative estimate of drug-likeness (QED) is 0.239. The molecule has 0 aromatic heterocycles. The lowest BCUT2D eigenvalue weighted by atomic mass is 10.0. The van der Waals surface area contributed by atoms with Gasteiger partial charge in [0.05, 0.1) is 17.7 Å². The molecule has 4 rings (SSSR count). The Labute approximate surface area is 231 Å². The molecule has 4 aromatic rings. The Morgan fingerprint density at radius 3 is 2.28 bits per heavy atom. The minimum absolute atomic E-state index is 0.0397. The highest BCUT2D eigenvalue weighted by atomic mass is 35.5. The summed E-state index contributed by atoms with van der Waals surface area (Å²) >= 11 is 6.10. The molecule has 0 aliphatic heterocycles. The van der Waals surface area contributed by atoms with Crippen molar-refractivity contribution in [3.05, 3.63) is 113 Å². The van der Waals surface area contributed by atoms with Crippen LogP contribution in [0.5, 0.6) is 11.5 Å². The van der Waals surface area contributed by atoms with Crippen molar-refractivity contribution in [3.8, 4) is 11.5 Å². The third-order valence-corrected chi connectivity index (χ3v) is 7.31. The molecule has 4 aromatic carbocycles. The highest BCUT2D eigenvalue weighted by molar-refractivity contribution is 7.92. The predicted molar refractivity (Wildman–Crippen MR) is 150 cm³/mol. The maximum atomic E-state index is 13.0. The first kappa shape index (κ1) is 27.7. The minimum atomic E-state index is -3.85. The van der Waals surface area contributed by atoms with Crippen molar-refractivity contribution < 1.29 is 27.5 Å². The lowest BCUT2D eigenvalue weighted by molar-refractivity contribution is -0.118. The number of ether oxygens (including phenoxy) is 2. The lowest BCUT2D eigenvalue weighted by Crippen LogP contribution is -2.22. The second-order valence-corrected chi connectivity index (χ2v) is 10.6. The Morgan fingerprint density at radius 2 is 1.62 bits per heavy atom. The smallest absolute Gasteiger partial charge is 0.262 e. The van der Waals surface area contributed by atoms with Gasteiger partial charge in [-0.3, -0.25) is 14.3 Å². The third-order valence-electron chi connectivity index (χ3n) is 5.69. The average Bonchev–Trinajstić information content (AvgIpc) is 2.93. The molecule has 0 atom stereocenters. The van der Waals surface area contributed by atoms with Gasteiger partial charge in [-0.15, -0.1) is 0 Å². The van der Waals surface area contributed by atoms with E-state index in [0.717, 1.165) is 0 Å². The molecule has 0 aliphatic carbocycles. The van der Waals surface area contributed by atoms with Gasteiger partial charge < -0.3 is 14.8 Å². The number of methoxy groups -OCH3 is 1. The fourth-order valence-electron chi connectivity index (χ4n) is 3.71. The van der Waals surface area contributed by atoms with Crippen molar-refractivity contribution in [3.63, 3.8) is 0 Å². The number of nitrogens with one attached hydrogen (secondary N) is 2. The van der Waals surface area contributed by atoms with Crippen LogP contribution in [-0.2, 0) is 14.8 Å². The molecule has 0 unspecified atom stereocenters. The number of carbonyl (C=O) groups is 2. The summed E-state index contributed by atoms with van der Waals surface area (Å²) in [5.74, 6) is 0.154. The van der Waals surface area contributed by atoms with Crippen molar-refractivity contribution in [2.45, 2.75) is 11.8 Å². The maximum Gasteiger partial charge on any atom is 0.262 e. The van der Waals surface area contributed by atoms with Crippen molar-refractivity contribution in [1.82, 2.24) is 0 Å². The molecule has 1 amide bonds. The molecule has 10 heteroatoms. The molecule has 0 saturated carbocycles. The van der Waals surface area contributed by atoms with E-state index in [-0.39, 0.29) is 22.8 Å². The standard InChI is InChI=1S/C29H25ClN2O6S/c1-19-16-24(39(35,36)32-22-9-11-23(37-2)12-10-22)13-15-27(19)38-18-28(33)31-26-14-8-21(30)17-25(26)29(34)20-6-4-3-5-7-20/h3-17,32H,18H2,1-2H3,(H,31,33). The maximum absolute atomic E-state index is 13.0. The molecule has 0 bridgehead atoms. The second kappa shape index (κ2) is 12.0. The van der Waals surface area contributed by atoms with Gasteiger partial charge in [-0.25, -0.2) is 8.42 Å². The molecule has 0 saturated heterocycles. The highest BCUT2D eigenvalue weighted by Gasteiger charge is 2.18. The monoisotopic (exact) mass is 564 g/mol. The summed E-state index contributed by atoms with van der Waals surface area (Å²) in [5.41, 5.74) is 1.91. The zero-order chi connectivity index (χ0) is 28.0. The van der Waals surface area contributed by atoms with Crippen LogP contribution >= 0.6 is 11.6 Å². The number of rotatable bonds is 10. The topological polar surface area (TPSA) is 111 Å². The van der Waals surface area contributed by atoms with E-state index in [1.165, 1.54) is 31.4 Å². The van der Waals surface area contributed by atoms with Gasteiger partial charge in [-0.2, -0.15) is 0 Å². The second-order valence-electron chi connectivity index (χ2n) is 8.48. The normalized spacial score (nSPS) is 10.9. The van der Waals surface area contributed by atoms with Crippen LogP contribution in [0.25, 0.3) is 0 Å². The molecule has 200 valence electrons. The average molecular weight is 565 g/mol. The SMILES string of the molecule is COc1ccc(NS(=O)(=O)c2ccc(OCC(=O)Nc3ccc(Cl)cc3C(=O)c3ccccc3)c(C)c2)cc1. The van der Waals surface area contributed by atoms with Gasteiger partial charge in [-0.1, -0.05) is 41.9 Å². The summed E-state index contributed by atoms with van der Waals surface area (Å²) in [6.45, 7) is 1.31. The molecular formula is C29H25ClN2O6S. The number of anilines is 2. The molecule has 0 fully saturated rings. The van der Waals surface area contributed by atoms with Gasteiger partial charge in [0.1, 0.15) is 11.5 Å². The Morgan fingerprint density at radius 1 is 0.897 bits per heavy atom. The molecule has 0 spiro atoms. The van der Waals surface area contributed by atoms with E-state index in [1.807, 2.05) is 0 Å². The van der Waals surface area contributed by atoms with Gasteiger partial charge >= 0.3 is 0 Å². The van der Waals surface area contributed by atoms with E-state index in [2.05, 4.69) is 10.0 Å². The fraction of sp³-hybridized carbons (Fsp3) is 0.103. The fourth-order valence-corrected chi connectivity index (χ4v) is 5.03. The Balaban J connectivity index is 1.42. The number of hydrogen-bond donors (Lipinski definition) is 2. The van der Waals surface area contributed by atoms with E-state index in [0.29, 0.717) is 39.0 Å². The number of hydrogen-bond acceptors (Lipinski definition) is 6. The molecular weight excluding hydrogens is 540 g/mol. The van der Waals surface area contributed by atoms with E-state index < -0.39 is 15.9 Å². The molecule has 0 heterocycles. The number of aryl methyl sites for hydroxylation is 1. The summed E-state index contributed by atoms with van der Waals surface area (Å²) in [7, 11) is -2.33. The van der Waals surface area contributed by atoms with Gasteiger partial charge in [0.15, 0.2) is 12.4 Å². The Kier molecular flexibility index (Phi) is 8.53. The number of sulfonamides is 1. The summed E-state index contributed by atoms with van der Waals surface area (Å²) in [4.78, 5) is 25.7. The summed E-state index contributed by atoms with van der Waals surface area (Å²) < 4.78 is 38.9. The largest absolute Gasteiger partial charge is 0.497 e.